The zero-order valence-electron chi connectivity index (χ0n) is 7.82. The molecule has 1 aliphatic rings. The maximum atomic E-state index is 9.45. The Morgan fingerprint density at radius 1 is 1.31 bits per heavy atom. The van der Waals surface area contributed by atoms with Crippen LogP contribution in [0.3, 0.4) is 0 Å². The van der Waals surface area contributed by atoms with Gasteiger partial charge in [-0.25, -0.2) is 0 Å². The number of nitrogens with zero attached hydrogens (tertiary/aromatic N) is 2. The van der Waals surface area contributed by atoms with E-state index in [2.05, 4.69) is 5.10 Å². The second kappa shape index (κ2) is 3.50. The van der Waals surface area contributed by atoms with Crippen molar-refractivity contribution in [2.24, 2.45) is 0 Å². The van der Waals surface area contributed by atoms with E-state index in [0.717, 1.165) is 12.8 Å². The molecule has 0 atom stereocenters. The highest BCUT2D eigenvalue weighted by Gasteiger charge is 2.33. The summed E-state index contributed by atoms with van der Waals surface area (Å²) in [7, 11) is 0. The molecule has 1 aromatic heterocycles. The molecular formula is C10H16N2O. The van der Waals surface area contributed by atoms with E-state index in [4.69, 9.17) is 0 Å². The van der Waals surface area contributed by atoms with Crippen molar-refractivity contribution in [3.05, 3.63) is 18.5 Å². The summed E-state index contributed by atoms with van der Waals surface area (Å²) in [5, 5.41) is 13.7. The van der Waals surface area contributed by atoms with Crippen LogP contribution in [0.1, 0.15) is 32.1 Å². The summed E-state index contributed by atoms with van der Waals surface area (Å²) < 4.78 is 1.94. The van der Waals surface area contributed by atoms with Gasteiger partial charge in [-0.2, -0.15) is 5.10 Å². The minimum atomic E-state index is -0.0955. The summed E-state index contributed by atoms with van der Waals surface area (Å²) in [5.74, 6) is 0. The molecule has 2 rings (SSSR count). The van der Waals surface area contributed by atoms with Crippen molar-refractivity contribution in [1.82, 2.24) is 9.78 Å². The highest BCUT2D eigenvalue weighted by Crippen LogP contribution is 2.33. The molecule has 1 aliphatic carbocycles. The Balaban J connectivity index is 2.23. The fraction of sp³-hybridized carbons (Fsp3) is 0.700. The Morgan fingerprint density at radius 2 is 2.08 bits per heavy atom. The second-order valence-electron chi connectivity index (χ2n) is 3.89. The van der Waals surface area contributed by atoms with Crippen molar-refractivity contribution >= 4 is 0 Å². The van der Waals surface area contributed by atoms with Crippen LogP contribution in [-0.4, -0.2) is 21.5 Å². The molecule has 0 unspecified atom stereocenters. The van der Waals surface area contributed by atoms with Gasteiger partial charge >= 0.3 is 0 Å². The summed E-state index contributed by atoms with van der Waals surface area (Å²) >= 11 is 0. The summed E-state index contributed by atoms with van der Waals surface area (Å²) in [4.78, 5) is 0. The summed E-state index contributed by atoms with van der Waals surface area (Å²) in [6.45, 7) is 0.217. The lowest BCUT2D eigenvalue weighted by atomic mass is 9.82. The standard InChI is InChI=1S/C10H16N2O/c13-9-10(5-2-1-3-6-10)12-8-4-7-11-12/h4,7-8,13H,1-3,5-6,9H2. The van der Waals surface area contributed by atoms with Gasteiger partial charge in [0, 0.05) is 12.4 Å². The molecular weight excluding hydrogens is 164 g/mol. The van der Waals surface area contributed by atoms with Crippen LogP contribution in [0.2, 0.25) is 0 Å². The average molecular weight is 180 g/mol. The lowest BCUT2D eigenvalue weighted by molar-refractivity contribution is 0.0790. The van der Waals surface area contributed by atoms with E-state index in [1.165, 1.54) is 19.3 Å². The molecule has 1 heterocycles. The molecule has 72 valence electrons. The quantitative estimate of drug-likeness (QED) is 0.749. The van der Waals surface area contributed by atoms with Gasteiger partial charge in [0.05, 0.1) is 12.1 Å². The first-order valence-electron chi connectivity index (χ1n) is 4.98. The second-order valence-corrected chi connectivity index (χ2v) is 3.89. The minimum Gasteiger partial charge on any atom is -0.394 e. The van der Waals surface area contributed by atoms with E-state index in [1.54, 1.807) is 6.20 Å². The van der Waals surface area contributed by atoms with E-state index in [-0.39, 0.29) is 12.1 Å². The van der Waals surface area contributed by atoms with Gasteiger partial charge in [-0.3, -0.25) is 4.68 Å². The normalized spacial score (nSPS) is 21.6. The van der Waals surface area contributed by atoms with Crippen LogP contribution in [-0.2, 0) is 5.54 Å². The van der Waals surface area contributed by atoms with Crippen LogP contribution in [0.25, 0.3) is 0 Å². The fourth-order valence-corrected chi connectivity index (χ4v) is 2.22. The van der Waals surface area contributed by atoms with Gasteiger partial charge in [0.25, 0.3) is 0 Å². The zero-order valence-corrected chi connectivity index (χ0v) is 7.82. The third-order valence-corrected chi connectivity index (χ3v) is 3.07. The van der Waals surface area contributed by atoms with Crippen molar-refractivity contribution in [3.8, 4) is 0 Å². The SMILES string of the molecule is OCC1(n2cccn2)CCCCC1. The Kier molecular flexibility index (Phi) is 2.36. The number of aliphatic hydroxyl groups excluding tert-OH is 1. The highest BCUT2D eigenvalue weighted by molar-refractivity contribution is 4.92. The molecule has 1 aromatic rings. The van der Waals surface area contributed by atoms with Crippen LogP contribution in [0, 0.1) is 0 Å². The predicted octanol–water partition coefficient (Wildman–Crippen LogP) is 1.53. The van der Waals surface area contributed by atoms with Gasteiger partial charge in [-0.15, -0.1) is 0 Å². The van der Waals surface area contributed by atoms with Crippen LogP contribution >= 0.6 is 0 Å². The minimum absolute atomic E-state index is 0.0955. The highest BCUT2D eigenvalue weighted by atomic mass is 16.3. The number of aromatic nitrogens is 2. The van der Waals surface area contributed by atoms with Gasteiger partial charge in [-0.1, -0.05) is 19.3 Å². The van der Waals surface area contributed by atoms with Gasteiger partial charge in [0.15, 0.2) is 0 Å². The van der Waals surface area contributed by atoms with Gasteiger partial charge < -0.3 is 5.11 Å². The van der Waals surface area contributed by atoms with E-state index >= 15 is 0 Å². The Labute approximate surface area is 78.4 Å². The summed E-state index contributed by atoms with van der Waals surface area (Å²) in [5.41, 5.74) is -0.0955. The van der Waals surface area contributed by atoms with Crippen LogP contribution in [0.5, 0.6) is 0 Å². The lowest BCUT2D eigenvalue weighted by Crippen LogP contribution is -2.39. The Morgan fingerprint density at radius 3 is 2.62 bits per heavy atom. The third-order valence-electron chi connectivity index (χ3n) is 3.07. The van der Waals surface area contributed by atoms with Gasteiger partial charge in [0.2, 0.25) is 0 Å². The largest absolute Gasteiger partial charge is 0.394 e. The molecule has 3 heteroatoms. The molecule has 1 fully saturated rings. The van der Waals surface area contributed by atoms with E-state index < -0.39 is 0 Å². The van der Waals surface area contributed by atoms with Crippen LogP contribution in [0.15, 0.2) is 18.5 Å². The lowest BCUT2D eigenvalue weighted by Gasteiger charge is -2.35. The molecule has 0 bridgehead atoms. The van der Waals surface area contributed by atoms with Crippen molar-refractivity contribution in [1.29, 1.82) is 0 Å². The molecule has 3 nitrogen and oxygen atoms in total. The first kappa shape index (κ1) is 8.75. The Bertz CT molecular complexity index is 250. The molecule has 0 amide bonds. The molecule has 0 aromatic carbocycles. The average Bonchev–Trinajstić information content (AvgIpc) is 2.72. The van der Waals surface area contributed by atoms with E-state index in [0.29, 0.717) is 0 Å². The Hall–Kier alpha value is -0.830. The van der Waals surface area contributed by atoms with Crippen molar-refractivity contribution < 1.29 is 5.11 Å². The molecule has 0 spiro atoms. The van der Waals surface area contributed by atoms with Crippen molar-refractivity contribution in [2.75, 3.05) is 6.61 Å². The molecule has 0 saturated heterocycles. The molecule has 1 saturated carbocycles. The molecule has 1 N–H and O–H groups in total. The number of rotatable bonds is 2. The van der Waals surface area contributed by atoms with Crippen LogP contribution < -0.4 is 0 Å². The van der Waals surface area contributed by atoms with Gasteiger partial charge in [-0.05, 0) is 18.9 Å². The fourth-order valence-electron chi connectivity index (χ4n) is 2.22. The summed E-state index contributed by atoms with van der Waals surface area (Å²) in [6.07, 6.45) is 9.58. The zero-order chi connectivity index (χ0) is 9.15. The number of hydrogen-bond acceptors (Lipinski definition) is 2. The predicted molar refractivity (Wildman–Crippen MR) is 50.4 cm³/mol. The topological polar surface area (TPSA) is 38.0 Å². The van der Waals surface area contributed by atoms with E-state index in [1.807, 2.05) is 16.9 Å². The monoisotopic (exact) mass is 180 g/mol. The van der Waals surface area contributed by atoms with Crippen molar-refractivity contribution in [2.45, 2.75) is 37.6 Å². The van der Waals surface area contributed by atoms with Gasteiger partial charge in [0.1, 0.15) is 0 Å². The maximum absolute atomic E-state index is 9.45. The first-order valence-corrected chi connectivity index (χ1v) is 4.98. The first-order chi connectivity index (χ1) is 6.37. The number of hydrogen-bond donors (Lipinski definition) is 1. The van der Waals surface area contributed by atoms with E-state index in [9.17, 15) is 5.11 Å². The maximum Gasteiger partial charge on any atom is 0.0857 e. The van der Waals surface area contributed by atoms with Crippen LogP contribution in [0.4, 0.5) is 0 Å². The summed E-state index contributed by atoms with van der Waals surface area (Å²) in [6, 6.07) is 1.92. The third kappa shape index (κ3) is 1.48. The molecule has 13 heavy (non-hydrogen) atoms. The molecule has 0 radical (unpaired) electrons. The van der Waals surface area contributed by atoms with Crippen molar-refractivity contribution in [3.63, 3.8) is 0 Å². The molecule has 0 aliphatic heterocycles. The smallest absolute Gasteiger partial charge is 0.0857 e. The number of aliphatic hydroxyl groups is 1.